The second kappa shape index (κ2) is 4.27. The molecule has 0 saturated carbocycles. The van der Waals surface area contributed by atoms with Crippen LogP contribution >= 0.6 is 11.6 Å². The summed E-state index contributed by atoms with van der Waals surface area (Å²) in [6, 6.07) is 1.93. The Bertz CT molecular complexity index is 384. The molecule has 15 heavy (non-hydrogen) atoms. The predicted molar refractivity (Wildman–Crippen MR) is 60.4 cm³/mol. The lowest BCUT2D eigenvalue weighted by Crippen LogP contribution is -2.22. The fourth-order valence-corrected chi connectivity index (χ4v) is 2.44. The third kappa shape index (κ3) is 1.88. The van der Waals surface area contributed by atoms with Crippen LogP contribution in [0.15, 0.2) is 6.07 Å². The van der Waals surface area contributed by atoms with Crippen molar-refractivity contribution >= 4 is 17.5 Å². The van der Waals surface area contributed by atoms with Crippen molar-refractivity contribution in [3.8, 4) is 0 Å². The number of hydrogen-bond acceptors (Lipinski definition) is 1. The molecule has 0 radical (unpaired) electrons. The average molecular weight is 227 g/mol. The van der Waals surface area contributed by atoms with Gasteiger partial charge in [0.2, 0.25) is 0 Å². The Balaban J connectivity index is 2.44. The summed E-state index contributed by atoms with van der Waals surface area (Å²) in [5.41, 5.74) is 1.81. The van der Waals surface area contributed by atoms with E-state index in [0.29, 0.717) is 10.7 Å². The van der Waals surface area contributed by atoms with Gasteiger partial charge >= 0.3 is 0 Å². The van der Waals surface area contributed by atoms with Gasteiger partial charge in [-0.1, -0.05) is 18.0 Å². The number of fused-ring (bicyclic) bond motifs is 1. The Labute approximate surface area is 94.4 Å². The zero-order chi connectivity index (χ0) is 10.8. The third-order valence-corrected chi connectivity index (χ3v) is 3.18. The number of aryl methyl sites for hydroxylation is 1. The average Bonchev–Trinajstić information content (AvgIpc) is 2.40. The molecule has 1 aromatic heterocycles. The number of carbonyl (C=O) groups is 1. The summed E-state index contributed by atoms with van der Waals surface area (Å²) in [6.07, 6.45) is 4.57. The number of carbonyl (C=O) groups excluding carboxylic acids is 1. The summed E-state index contributed by atoms with van der Waals surface area (Å²) in [5, 5.41) is 3.21. The van der Waals surface area contributed by atoms with Gasteiger partial charge in [-0.2, -0.15) is 0 Å². The maximum Gasteiger partial charge on any atom is 0.269 e. The molecule has 4 heteroatoms. The van der Waals surface area contributed by atoms with Gasteiger partial charge in [0.25, 0.3) is 5.91 Å². The highest BCUT2D eigenvalue weighted by atomic mass is 35.5. The normalized spacial score (nSPS) is 15.6. The molecular weight excluding hydrogens is 212 g/mol. The van der Waals surface area contributed by atoms with Crippen molar-refractivity contribution in [1.29, 1.82) is 0 Å². The smallest absolute Gasteiger partial charge is 0.269 e. The van der Waals surface area contributed by atoms with Crippen LogP contribution in [0.3, 0.4) is 0 Å². The van der Waals surface area contributed by atoms with Crippen molar-refractivity contribution in [3.63, 3.8) is 0 Å². The van der Waals surface area contributed by atoms with Crippen LogP contribution in [0.2, 0.25) is 5.02 Å². The van der Waals surface area contributed by atoms with E-state index < -0.39 is 0 Å². The number of nitrogens with zero attached hydrogens (tertiary/aromatic N) is 1. The SMILES string of the molecule is CNC(=O)c1c(Cl)cc2n1CCCCC2. The number of amides is 1. The third-order valence-electron chi connectivity index (χ3n) is 2.89. The predicted octanol–water partition coefficient (Wildman–Crippen LogP) is 2.23. The number of hydrogen-bond donors (Lipinski definition) is 1. The van der Waals surface area contributed by atoms with Gasteiger partial charge in [-0.15, -0.1) is 0 Å². The summed E-state index contributed by atoms with van der Waals surface area (Å²) in [4.78, 5) is 11.7. The van der Waals surface area contributed by atoms with E-state index in [1.807, 2.05) is 6.07 Å². The van der Waals surface area contributed by atoms with E-state index in [2.05, 4.69) is 9.88 Å². The molecule has 0 unspecified atom stereocenters. The maximum absolute atomic E-state index is 11.7. The second-order valence-electron chi connectivity index (χ2n) is 3.87. The molecule has 1 aromatic rings. The molecule has 0 aliphatic carbocycles. The van der Waals surface area contributed by atoms with Crippen molar-refractivity contribution < 1.29 is 4.79 Å². The number of rotatable bonds is 1. The Morgan fingerprint density at radius 3 is 3.00 bits per heavy atom. The first-order valence-corrected chi connectivity index (χ1v) is 5.72. The molecule has 0 atom stereocenters. The molecule has 1 aliphatic heterocycles. The Morgan fingerprint density at radius 1 is 1.47 bits per heavy atom. The molecule has 82 valence electrons. The quantitative estimate of drug-likeness (QED) is 0.783. The van der Waals surface area contributed by atoms with Crippen LogP contribution in [0.4, 0.5) is 0 Å². The highest BCUT2D eigenvalue weighted by Gasteiger charge is 2.20. The molecule has 1 amide bonds. The molecule has 2 heterocycles. The van der Waals surface area contributed by atoms with Crippen LogP contribution in [0.5, 0.6) is 0 Å². The van der Waals surface area contributed by atoms with Gasteiger partial charge in [0.15, 0.2) is 0 Å². The highest BCUT2D eigenvalue weighted by Crippen LogP contribution is 2.25. The van der Waals surface area contributed by atoms with Crippen molar-refractivity contribution in [3.05, 3.63) is 22.5 Å². The molecule has 1 N–H and O–H groups in total. The van der Waals surface area contributed by atoms with Crippen molar-refractivity contribution in [2.24, 2.45) is 0 Å². The van der Waals surface area contributed by atoms with Crippen LogP contribution in [0.25, 0.3) is 0 Å². The Morgan fingerprint density at radius 2 is 2.27 bits per heavy atom. The molecule has 1 aliphatic rings. The fraction of sp³-hybridized carbons (Fsp3) is 0.545. The summed E-state index contributed by atoms with van der Waals surface area (Å²) < 4.78 is 2.06. The molecule has 0 aromatic carbocycles. The number of nitrogens with one attached hydrogen (secondary N) is 1. The van der Waals surface area contributed by atoms with E-state index >= 15 is 0 Å². The number of halogens is 1. The minimum absolute atomic E-state index is 0.0897. The first-order chi connectivity index (χ1) is 7.24. The van der Waals surface area contributed by atoms with Gasteiger partial charge in [-0.05, 0) is 25.3 Å². The van der Waals surface area contributed by atoms with E-state index in [-0.39, 0.29) is 5.91 Å². The summed E-state index contributed by atoms with van der Waals surface area (Å²) in [7, 11) is 1.63. The largest absolute Gasteiger partial charge is 0.354 e. The lowest BCUT2D eigenvalue weighted by atomic mass is 10.2. The first kappa shape index (κ1) is 10.6. The van der Waals surface area contributed by atoms with Gasteiger partial charge in [0.05, 0.1) is 5.02 Å². The maximum atomic E-state index is 11.7. The lowest BCUT2D eigenvalue weighted by Gasteiger charge is -2.09. The van der Waals surface area contributed by atoms with Crippen LogP contribution in [0.1, 0.15) is 35.4 Å². The first-order valence-electron chi connectivity index (χ1n) is 5.34. The molecule has 2 rings (SSSR count). The zero-order valence-corrected chi connectivity index (χ0v) is 9.60. The Kier molecular flexibility index (Phi) is 3.00. The monoisotopic (exact) mass is 226 g/mol. The minimum Gasteiger partial charge on any atom is -0.354 e. The van der Waals surface area contributed by atoms with Crippen molar-refractivity contribution in [2.75, 3.05) is 7.05 Å². The van der Waals surface area contributed by atoms with Gasteiger partial charge in [-0.25, -0.2) is 0 Å². The topological polar surface area (TPSA) is 34.0 Å². The Hall–Kier alpha value is -0.960. The minimum atomic E-state index is -0.0897. The van der Waals surface area contributed by atoms with E-state index in [1.165, 1.54) is 18.5 Å². The number of aromatic nitrogens is 1. The van der Waals surface area contributed by atoms with Gasteiger partial charge in [0.1, 0.15) is 5.69 Å². The van der Waals surface area contributed by atoms with E-state index in [9.17, 15) is 4.79 Å². The highest BCUT2D eigenvalue weighted by molar-refractivity contribution is 6.33. The van der Waals surface area contributed by atoms with Crippen LogP contribution in [-0.2, 0) is 13.0 Å². The summed E-state index contributed by atoms with van der Waals surface area (Å²) in [6.45, 7) is 0.908. The van der Waals surface area contributed by atoms with Gasteiger partial charge < -0.3 is 9.88 Å². The lowest BCUT2D eigenvalue weighted by molar-refractivity contribution is 0.0953. The fourth-order valence-electron chi connectivity index (χ4n) is 2.13. The van der Waals surface area contributed by atoms with E-state index in [4.69, 9.17) is 11.6 Å². The van der Waals surface area contributed by atoms with Gasteiger partial charge in [0, 0.05) is 19.3 Å². The van der Waals surface area contributed by atoms with E-state index in [0.717, 1.165) is 19.4 Å². The molecule has 0 fully saturated rings. The molecule has 0 bridgehead atoms. The molecule has 0 spiro atoms. The summed E-state index contributed by atoms with van der Waals surface area (Å²) >= 11 is 6.08. The molecular formula is C11H15ClN2O. The van der Waals surface area contributed by atoms with Crippen LogP contribution in [-0.4, -0.2) is 17.5 Å². The zero-order valence-electron chi connectivity index (χ0n) is 8.85. The van der Waals surface area contributed by atoms with Crippen LogP contribution < -0.4 is 5.32 Å². The van der Waals surface area contributed by atoms with Gasteiger partial charge in [-0.3, -0.25) is 4.79 Å². The van der Waals surface area contributed by atoms with Crippen molar-refractivity contribution in [1.82, 2.24) is 9.88 Å². The molecule has 3 nitrogen and oxygen atoms in total. The second-order valence-corrected chi connectivity index (χ2v) is 4.28. The van der Waals surface area contributed by atoms with Crippen molar-refractivity contribution in [2.45, 2.75) is 32.2 Å². The van der Waals surface area contributed by atoms with E-state index in [1.54, 1.807) is 7.05 Å². The summed E-state index contributed by atoms with van der Waals surface area (Å²) in [5.74, 6) is -0.0897. The molecule has 0 saturated heterocycles. The standard InChI is InChI=1S/C11H15ClN2O/c1-13-11(15)10-9(12)7-8-5-3-2-4-6-14(8)10/h7H,2-6H2,1H3,(H,13,15). The van der Waals surface area contributed by atoms with Crippen LogP contribution in [0, 0.1) is 0 Å².